The van der Waals surface area contributed by atoms with Crippen molar-refractivity contribution in [3.8, 4) is 0 Å². The fourth-order valence-electron chi connectivity index (χ4n) is 3.73. The van der Waals surface area contributed by atoms with Crippen molar-refractivity contribution in [2.75, 3.05) is 18.0 Å². The Morgan fingerprint density at radius 2 is 1.95 bits per heavy atom. The van der Waals surface area contributed by atoms with Crippen molar-refractivity contribution >= 4 is 17.3 Å². The average Bonchev–Trinajstić information content (AvgIpc) is 3.18. The van der Waals surface area contributed by atoms with E-state index in [0.717, 1.165) is 19.0 Å². The number of fused-ring (bicyclic) bond motifs is 1. The van der Waals surface area contributed by atoms with Gasteiger partial charge in [-0.1, -0.05) is 0 Å². The van der Waals surface area contributed by atoms with Crippen molar-refractivity contribution < 1.29 is 0 Å². The van der Waals surface area contributed by atoms with Crippen LogP contribution in [0.4, 0.5) is 5.95 Å². The molecule has 0 N–H and O–H groups in total. The molecule has 0 bridgehead atoms. The second kappa shape index (κ2) is 5.39. The SMILES string of the molecule is Cc1ccc(CN2CC[C@H]3[C@H]2CCN3c2ncccn2)s1. The summed E-state index contributed by atoms with van der Waals surface area (Å²) in [6.45, 7) is 5.56. The molecular formula is C16H20N4S. The normalized spacial score (nSPS) is 25.5. The summed E-state index contributed by atoms with van der Waals surface area (Å²) in [6, 6.07) is 7.65. The fraction of sp³-hybridized carbons (Fsp3) is 0.500. The highest BCUT2D eigenvalue weighted by molar-refractivity contribution is 7.11. The van der Waals surface area contributed by atoms with Gasteiger partial charge in [-0.25, -0.2) is 9.97 Å². The fourth-order valence-corrected chi connectivity index (χ4v) is 4.65. The van der Waals surface area contributed by atoms with Crippen LogP contribution in [0.1, 0.15) is 22.6 Å². The monoisotopic (exact) mass is 300 g/mol. The molecule has 0 amide bonds. The number of nitrogens with zero attached hydrogens (tertiary/aromatic N) is 4. The molecule has 4 nitrogen and oxygen atoms in total. The minimum atomic E-state index is 0.591. The first-order valence-electron chi connectivity index (χ1n) is 7.64. The summed E-state index contributed by atoms with van der Waals surface area (Å²) in [5, 5.41) is 0. The Bertz CT molecular complexity index is 612. The summed E-state index contributed by atoms with van der Waals surface area (Å²) in [4.78, 5) is 16.8. The summed E-state index contributed by atoms with van der Waals surface area (Å²) in [6.07, 6.45) is 6.15. The Morgan fingerprint density at radius 1 is 1.14 bits per heavy atom. The van der Waals surface area contributed by atoms with Crippen LogP contribution >= 0.6 is 11.3 Å². The summed E-state index contributed by atoms with van der Waals surface area (Å²) in [5.74, 6) is 0.902. The molecule has 0 aromatic carbocycles. The lowest BCUT2D eigenvalue weighted by molar-refractivity contribution is 0.248. The Balaban J connectivity index is 1.48. The molecule has 2 fully saturated rings. The van der Waals surface area contributed by atoms with E-state index in [-0.39, 0.29) is 0 Å². The van der Waals surface area contributed by atoms with Gasteiger partial charge in [0.15, 0.2) is 0 Å². The largest absolute Gasteiger partial charge is 0.336 e. The Kier molecular flexibility index (Phi) is 3.39. The van der Waals surface area contributed by atoms with Crippen LogP contribution in [0.5, 0.6) is 0 Å². The van der Waals surface area contributed by atoms with Gasteiger partial charge in [0, 0.05) is 53.9 Å². The average molecular weight is 300 g/mol. The number of aryl methyl sites for hydroxylation is 1. The van der Waals surface area contributed by atoms with Crippen molar-refractivity contribution in [3.05, 3.63) is 40.3 Å². The van der Waals surface area contributed by atoms with Crippen LogP contribution < -0.4 is 4.90 Å². The molecule has 2 aromatic rings. The molecule has 2 aliphatic rings. The minimum absolute atomic E-state index is 0.591. The van der Waals surface area contributed by atoms with Gasteiger partial charge in [0.2, 0.25) is 5.95 Å². The first-order valence-corrected chi connectivity index (χ1v) is 8.46. The molecule has 2 aromatic heterocycles. The van der Waals surface area contributed by atoms with Crippen LogP contribution in [0, 0.1) is 6.92 Å². The number of thiophene rings is 1. The molecule has 2 aliphatic heterocycles. The lowest BCUT2D eigenvalue weighted by atomic mass is 10.1. The first-order chi connectivity index (χ1) is 10.3. The van der Waals surface area contributed by atoms with Crippen LogP contribution in [0.2, 0.25) is 0 Å². The van der Waals surface area contributed by atoms with Crippen molar-refractivity contribution in [2.24, 2.45) is 0 Å². The third-order valence-corrected chi connectivity index (χ3v) is 5.64. The molecule has 21 heavy (non-hydrogen) atoms. The van der Waals surface area contributed by atoms with Gasteiger partial charge in [0.25, 0.3) is 0 Å². The van der Waals surface area contributed by atoms with Crippen LogP contribution in [0.25, 0.3) is 0 Å². The molecule has 0 spiro atoms. The van der Waals surface area contributed by atoms with E-state index in [2.05, 4.69) is 38.8 Å². The van der Waals surface area contributed by atoms with Crippen LogP contribution in [0.3, 0.4) is 0 Å². The lowest BCUT2D eigenvalue weighted by Gasteiger charge is -2.25. The number of hydrogen-bond donors (Lipinski definition) is 0. The van der Waals surface area contributed by atoms with E-state index in [1.807, 2.05) is 29.8 Å². The molecule has 0 aliphatic carbocycles. The van der Waals surface area contributed by atoms with Crippen molar-refractivity contribution in [1.29, 1.82) is 0 Å². The number of likely N-dealkylation sites (tertiary alicyclic amines) is 1. The zero-order chi connectivity index (χ0) is 14.2. The standard InChI is InChI=1S/C16H20N4S/c1-12-3-4-13(21-12)11-19-9-5-15-14(19)6-10-20(15)16-17-7-2-8-18-16/h2-4,7-8,14-15H,5-6,9-11H2,1H3/t14-,15+/m1/s1. The smallest absolute Gasteiger partial charge is 0.225 e. The third-order valence-electron chi connectivity index (χ3n) is 4.66. The molecule has 2 atom stereocenters. The van der Waals surface area contributed by atoms with Gasteiger partial charge in [-0.15, -0.1) is 11.3 Å². The molecule has 4 rings (SSSR count). The van der Waals surface area contributed by atoms with Crippen molar-refractivity contribution in [3.63, 3.8) is 0 Å². The maximum atomic E-state index is 4.43. The van der Waals surface area contributed by atoms with Gasteiger partial charge >= 0.3 is 0 Å². The number of hydrogen-bond acceptors (Lipinski definition) is 5. The van der Waals surface area contributed by atoms with Gasteiger partial charge in [-0.05, 0) is 38.0 Å². The summed E-state index contributed by atoms with van der Waals surface area (Å²) in [7, 11) is 0. The zero-order valence-electron chi connectivity index (χ0n) is 12.3. The van der Waals surface area contributed by atoms with E-state index in [0.29, 0.717) is 12.1 Å². The third kappa shape index (κ3) is 2.45. The molecular weight excluding hydrogens is 280 g/mol. The number of rotatable bonds is 3. The van der Waals surface area contributed by atoms with E-state index < -0.39 is 0 Å². The highest BCUT2D eigenvalue weighted by Gasteiger charge is 2.43. The van der Waals surface area contributed by atoms with Crippen LogP contribution in [-0.4, -0.2) is 40.0 Å². The minimum Gasteiger partial charge on any atom is -0.336 e. The highest BCUT2D eigenvalue weighted by atomic mass is 32.1. The van der Waals surface area contributed by atoms with E-state index in [1.165, 1.54) is 29.1 Å². The number of anilines is 1. The molecule has 110 valence electrons. The summed E-state index contributed by atoms with van der Waals surface area (Å²) < 4.78 is 0. The Hall–Kier alpha value is -1.46. The second-order valence-corrected chi connectivity index (χ2v) is 7.31. The zero-order valence-corrected chi connectivity index (χ0v) is 13.1. The van der Waals surface area contributed by atoms with Crippen LogP contribution in [0.15, 0.2) is 30.6 Å². The van der Waals surface area contributed by atoms with Gasteiger partial charge in [0.1, 0.15) is 0 Å². The maximum Gasteiger partial charge on any atom is 0.225 e. The van der Waals surface area contributed by atoms with Gasteiger partial charge in [-0.2, -0.15) is 0 Å². The predicted molar refractivity (Wildman–Crippen MR) is 85.7 cm³/mol. The molecule has 5 heteroatoms. The first kappa shape index (κ1) is 13.2. The molecule has 0 unspecified atom stereocenters. The number of aromatic nitrogens is 2. The maximum absolute atomic E-state index is 4.43. The highest BCUT2D eigenvalue weighted by Crippen LogP contribution is 2.34. The van der Waals surface area contributed by atoms with Crippen molar-refractivity contribution in [2.45, 2.75) is 38.4 Å². The Labute approximate surface area is 129 Å². The van der Waals surface area contributed by atoms with E-state index >= 15 is 0 Å². The lowest BCUT2D eigenvalue weighted by Crippen LogP contribution is -2.36. The molecule has 4 heterocycles. The summed E-state index contributed by atoms with van der Waals surface area (Å²) in [5.41, 5.74) is 0. The van der Waals surface area contributed by atoms with E-state index in [1.54, 1.807) is 0 Å². The molecule has 2 saturated heterocycles. The van der Waals surface area contributed by atoms with E-state index in [9.17, 15) is 0 Å². The molecule has 0 saturated carbocycles. The topological polar surface area (TPSA) is 32.3 Å². The van der Waals surface area contributed by atoms with Gasteiger partial charge in [0.05, 0.1) is 0 Å². The van der Waals surface area contributed by atoms with Gasteiger partial charge in [-0.3, -0.25) is 4.90 Å². The second-order valence-electron chi connectivity index (χ2n) is 5.94. The molecule has 0 radical (unpaired) electrons. The van der Waals surface area contributed by atoms with Crippen LogP contribution in [-0.2, 0) is 6.54 Å². The van der Waals surface area contributed by atoms with Gasteiger partial charge < -0.3 is 4.90 Å². The quantitative estimate of drug-likeness (QED) is 0.872. The van der Waals surface area contributed by atoms with Crippen molar-refractivity contribution in [1.82, 2.24) is 14.9 Å². The Morgan fingerprint density at radius 3 is 2.71 bits per heavy atom. The summed E-state index contributed by atoms with van der Waals surface area (Å²) >= 11 is 1.93. The van der Waals surface area contributed by atoms with E-state index in [4.69, 9.17) is 0 Å². The predicted octanol–water partition coefficient (Wildman–Crippen LogP) is 2.70.